The molecule has 170 valence electrons. The average Bonchev–Trinajstić information content (AvgIpc) is 2.94. The number of benzene rings is 7. The highest BCUT2D eigenvalue weighted by Crippen LogP contribution is 2.43. The van der Waals surface area contributed by atoms with Crippen LogP contribution in [0.4, 0.5) is 17.1 Å². The highest BCUT2D eigenvalue weighted by Gasteiger charge is 2.19. The maximum atomic E-state index is 2.43. The van der Waals surface area contributed by atoms with E-state index in [1.54, 1.807) is 0 Å². The van der Waals surface area contributed by atoms with Crippen molar-refractivity contribution in [2.75, 3.05) is 4.90 Å². The summed E-state index contributed by atoms with van der Waals surface area (Å²) in [4.78, 5) is 2.43. The predicted octanol–water partition coefficient (Wildman–Crippen LogP) is 10.1. The van der Waals surface area contributed by atoms with Gasteiger partial charge in [0, 0.05) is 16.8 Å². The van der Waals surface area contributed by atoms with E-state index in [0.29, 0.717) is 0 Å². The summed E-state index contributed by atoms with van der Waals surface area (Å²) < 4.78 is 0. The Morgan fingerprint density at radius 3 is 1.75 bits per heavy atom. The van der Waals surface area contributed by atoms with Gasteiger partial charge in [-0.25, -0.2) is 0 Å². The molecule has 7 aromatic carbocycles. The van der Waals surface area contributed by atoms with Crippen LogP contribution in [0.3, 0.4) is 0 Å². The van der Waals surface area contributed by atoms with Gasteiger partial charge in [-0.15, -0.1) is 0 Å². The Balaban J connectivity index is 1.55. The number of hydrogen-bond acceptors (Lipinski definition) is 1. The molecule has 0 aliphatic rings. The molecule has 0 saturated carbocycles. The highest BCUT2D eigenvalue weighted by atomic mass is 15.1. The summed E-state index contributed by atoms with van der Waals surface area (Å²) in [6, 6.07) is 48.4. The van der Waals surface area contributed by atoms with Gasteiger partial charge in [0.05, 0.1) is 5.69 Å². The van der Waals surface area contributed by atoms with Crippen molar-refractivity contribution in [2.24, 2.45) is 0 Å². The summed E-state index contributed by atoms with van der Waals surface area (Å²) in [5, 5.41) is 10.1. The maximum absolute atomic E-state index is 2.43. The average molecular weight is 460 g/mol. The largest absolute Gasteiger partial charge is 0.310 e. The van der Waals surface area contributed by atoms with Crippen molar-refractivity contribution in [3.8, 4) is 0 Å². The van der Waals surface area contributed by atoms with E-state index in [1.165, 1.54) is 60.0 Å². The van der Waals surface area contributed by atoms with E-state index in [0.717, 1.165) is 5.69 Å². The van der Waals surface area contributed by atoms with Crippen molar-refractivity contribution in [3.05, 3.63) is 139 Å². The molecule has 7 aromatic rings. The molecular weight excluding hydrogens is 434 g/mol. The van der Waals surface area contributed by atoms with Gasteiger partial charge < -0.3 is 4.90 Å². The second-order valence-electron chi connectivity index (χ2n) is 9.48. The lowest BCUT2D eigenvalue weighted by atomic mass is 9.97. The van der Waals surface area contributed by atoms with Gasteiger partial charge in [0.2, 0.25) is 0 Å². The fourth-order valence-corrected chi connectivity index (χ4v) is 5.58. The molecule has 0 aliphatic heterocycles. The second kappa shape index (κ2) is 8.25. The molecule has 0 aliphatic carbocycles. The van der Waals surface area contributed by atoms with Crippen LogP contribution in [0.5, 0.6) is 0 Å². The topological polar surface area (TPSA) is 3.24 Å². The molecule has 0 bridgehead atoms. The molecule has 1 nitrogen and oxygen atoms in total. The number of nitrogens with zero attached hydrogens (tertiary/aromatic N) is 1. The van der Waals surface area contributed by atoms with Crippen LogP contribution >= 0.6 is 0 Å². The third-order valence-corrected chi connectivity index (χ3v) is 7.33. The number of para-hydroxylation sites is 1. The van der Waals surface area contributed by atoms with Crippen molar-refractivity contribution in [2.45, 2.75) is 6.92 Å². The molecule has 0 N–H and O–H groups in total. The molecule has 1 heteroatoms. The van der Waals surface area contributed by atoms with Gasteiger partial charge in [0.15, 0.2) is 0 Å². The zero-order chi connectivity index (χ0) is 24.1. The molecule has 0 spiro atoms. The Morgan fingerprint density at radius 1 is 0.389 bits per heavy atom. The van der Waals surface area contributed by atoms with Gasteiger partial charge in [0.1, 0.15) is 0 Å². The van der Waals surface area contributed by atoms with Gasteiger partial charge in [0.25, 0.3) is 0 Å². The zero-order valence-corrected chi connectivity index (χ0v) is 20.1. The SMILES string of the molecule is Cc1ccccc1N(c1ccc2c(ccc3ccccc32)c1)c1cc2ccccc2c2ccccc12. The molecule has 0 aromatic heterocycles. The number of aryl methyl sites for hydroxylation is 1. The van der Waals surface area contributed by atoms with Crippen LogP contribution in [-0.2, 0) is 0 Å². The fraction of sp³-hybridized carbons (Fsp3) is 0.0286. The molecule has 36 heavy (non-hydrogen) atoms. The molecular formula is C35H25N. The van der Waals surface area contributed by atoms with Crippen LogP contribution in [0.2, 0.25) is 0 Å². The Morgan fingerprint density at radius 2 is 0.944 bits per heavy atom. The van der Waals surface area contributed by atoms with Gasteiger partial charge in [-0.05, 0) is 74.5 Å². The summed E-state index contributed by atoms with van der Waals surface area (Å²) in [6.45, 7) is 2.19. The monoisotopic (exact) mass is 459 g/mol. The minimum absolute atomic E-state index is 1.16. The van der Waals surface area contributed by atoms with E-state index in [1.807, 2.05) is 0 Å². The van der Waals surface area contributed by atoms with Crippen molar-refractivity contribution in [3.63, 3.8) is 0 Å². The van der Waals surface area contributed by atoms with Crippen LogP contribution in [0.25, 0.3) is 43.1 Å². The van der Waals surface area contributed by atoms with Crippen molar-refractivity contribution < 1.29 is 0 Å². The van der Waals surface area contributed by atoms with Crippen molar-refractivity contribution in [1.82, 2.24) is 0 Å². The summed E-state index contributed by atoms with van der Waals surface area (Å²) in [5.74, 6) is 0. The van der Waals surface area contributed by atoms with Crippen LogP contribution in [0.1, 0.15) is 5.56 Å². The number of anilines is 3. The molecule has 0 fully saturated rings. The number of hydrogen-bond donors (Lipinski definition) is 0. The second-order valence-corrected chi connectivity index (χ2v) is 9.48. The van der Waals surface area contributed by atoms with E-state index >= 15 is 0 Å². The Hall–Kier alpha value is -4.62. The lowest BCUT2D eigenvalue weighted by molar-refractivity contribution is 1.27. The van der Waals surface area contributed by atoms with E-state index in [-0.39, 0.29) is 0 Å². The summed E-state index contributed by atoms with van der Waals surface area (Å²) >= 11 is 0. The van der Waals surface area contributed by atoms with Crippen LogP contribution in [0, 0.1) is 6.92 Å². The Labute approximate surface area is 210 Å². The first kappa shape index (κ1) is 20.7. The Bertz CT molecular complexity index is 1910. The van der Waals surface area contributed by atoms with Crippen LogP contribution in [-0.4, -0.2) is 0 Å². The van der Waals surface area contributed by atoms with Gasteiger partial charge in [-0.1, -0.05) is 109 Å². The van der Waals surface area contributed by atoms with Gasteiger partial charge in [-0.2, -0.15) is 0 Å². The van der Waals surface area contributed by atoms with E-state index in [9.17, 15) is 0 Å². The quantitative estimate of drug-likeness (QED) is 0.238. The maximum Gasteiger partial charge on any atom is 0.0546 e. The normalized spacial score (nSPS) is 11.5. The van der Waals surface area contributed by atoms with Crippen LogP contribution < -0.4 is 4.90 Å². The first-order chi connectivity index (χ1) is 17.8. The van der Waals surface area contributed by atoms with Crippen molar-refractivity contribution >= 4 is 60.2 Å². The van der Waals surface area contributed by atoms with E-state index in [4.69, 9.17) is 0 Å². The lowest BCUT2D eigenvalue weighted by Gasteiger charge is -2.29. The van der Waals surface area contributed by atoms with Crippen molar-refractivity contribution in [1.29, 1.82) is 0 Å². The minimum Gasteiger partial charge on any atom is -0.310 e. The molecule has 0 atom stereocenters. The smallest absolute Gasteiger partial charge is 0.0546 e. The van der Waals surface area contributed by atoms with Gasteiger partial charge in [-0.3, -0.25) is 0 Å². The zero-order valence-electron chi connectivity index (χ0n) is 20.1. The lowest BCUT2D eigenvalue weighted by Crippen LogP contribution is -2.12. The molecule has 0 saturated heterocycles. The molecule has 0 unspecified atom stereocenters. The number of rotatable bonds is 3. The van der Waals surface area contributed by atoms with Crippen LogP contribution in [0.15, 0.2) is 133 Å². The summed E-state index contributed by atoms with van der Waals surface area (Å²) in [6.07, 6.45) is 0. The third kappa shape index (κ3) is 3.25. The van der Waals surface area contributed by atoms with Gasteiger partial charge >= 0.3 is 0 Å². The minimum atomic E-state index is 1.16. The molecule has 0 radical (unpaired) electrons. The standard InChI is InChI=1S/C35H25N/c1-24-10-2-9-17-34(24)36(28-20-21-31-27(22-28)19-18-25-11-3-5-13-29(25)31)35-23-26-12-4-6-14-30(26)32-15-7-8-16-33(32)35/h2-23H,1H3. The van der Waals surface area contributed by atoms with E-state index in [2.05, 4.69) is 145 Å². The fourth-order valence-electron chi connectivity index (χ4n) is 5.58. The Kier molecular flexibility index (Phi) is 4.75. The number of fused-ring (bicyclic) bond motifs is 6. The summed E-state index contributed by atoms with van der Waals surface area (Å²) in [7, 11) is 0. The molecule has 0 amide bonds. The third-order valence-electron chi connectivity index (χ3n) is 7.33. The summed E-state index contributed by atoms with van der Waals surface area (Å²) in [5.41, 5.74) is 4.79. The molecule has 0 heterocycles. The predicted molar refractivity (Wildman–Crippen MR) is 156 cm³/mol. The highest BCUT2D eigenvalue weighted by molar-refractivity contribution is 6.15. The first-order valence-electron chi connectivity index (χ1n) is 12.5. The first-order valence-corrected chi connectivity index (χ1v) is 12.5. The van der Waals surface area contributed by atoms with E-state index < -0.39 is 0 Å². The molecule has 7 rings (SSSR count).